The van der Waals surface area contributed by atoms with Gasteiger partial charge >= 0.3 is 0 Å². The van der Waals surface area contributed by atoms with Crippen molar-refractivity contribution in [2.45, 2.75) is 0 Å². The van der Waals surface area contributed by atoms with Gasteiger partial charge in [0.2, 0.25) is 0 Å². The number of thiazole rings is 1. The maximum atomic E-state index is 4.44. The molecule has 0 aliphatic heterocycles. The second-order valence-corrected chi connectivity index (χ2v) is 5.03. The summed E-state index contributed by atoms with van der Waals surface area (Å²) in [6, 6.07) is 20.7. The number of hydrogen-bond acceptors (Lipinski definition) is 2. The van der Waals surface area contributed by atoms with Gasteiger partial charge < -0.3 is 0 Å². The van der Waals surface area contributed by atoms with Gasteiger partial charge in [0.25, 0.3) is 0 Å². The Morgan fingerprint density at radius 2 is 1.47 bits per heavy atom. The van der Waals surface area contributed by atoms with Gasteiger partial charge in [-0.2, -0.15) is 0 Å². The van der Waals surface area contributed by atoms with Crippen molar-refractivity contribution in [1.82, 2.24) is 4.98 Å². The lowest BCUT2D eigenvalue weighted by molar-refractivity contribution is 1.38. The summed E-state index contributed by atoms with van der Waals surface area (Å²) in [5.74, 6) is 0. The summed E-state index contributed by atoms with van der Waals surface area (Å²) >= 11 is 1.68. The van der Waals surface area contributed by atoms with Crippen LogP contribution in [-0.2, 0) is 0 Å². The lowest BCUT2D eigenvalue weighted by Gasteiger charge is -1.98. The van der Waals surface area contributed by atoms with Crippen molar-refractivity contribution in [2.24, 2.45) is 0 Å². The Morgan fingerprint density at radius 3 is 2.21 bits per heavy atom. The molecule has 1 aromatic heterocycles. The van der Waals surface area contributed by atoms with Crippen molar-refractivity contribution >= 4 is 23.5 Å². The maximum Gasteiger partial charge on any atom is 0.0818 e. The summed E-state index contributed by atoms with van der Waals surface area (Å²) in [7, 11) is 0. The van der Waals surface area contributed by atoms with Crippen LogP contribution in [0.1, 0.15) is 11.3 Å². The molecule has 92 valence electrons. The average Bonchev–Trinajstić information content (AvgIpc) is 2.95. The topological polar surface area (TPSA) is 12.9 Å². The zero-order chi connectivity index (χ0) is 12.9. The molecule has 2 heteroatoms. The number of hydrogen-bond donors (Lipinski definition) is 0. The van der Waals surface area contributed by atoms with Gasteiger partial charge in [-0.05, 0) is 17.2 Å². The fourth-order valence-electron chi connectivity index (χ4n) is 1.92. The van der Waals surface area contributed by atoms with Crippen molar-refractivity contribution in [2.75, 3.05) is 0 Å². The highest BCUT2D eigenvalue weighted by molar-refractivity contribution is 7.13. The Kier molecular flexibility index (Phi) is 3.52. The second-order valence-electron chi connectivity index (χ2n) is 4.18. The van der Waals surface area contributed by atoms with Crippen LogP contribution in [0.15, 0.2) is 66.2 Å². The van der Waals surface area contributed by atoms with E-state index in [4.69, 9.17) is 0 Å². The van der Waals surface area contributed by atoms with Crippen molar-refractivity contribution in [3.05, 3.63) is 77.4 Å². The summed E-state index contributed by atoms with van der Waals surface area (Å²) < 4.78 is 0. The van der Waals surface area contributed by atoms with Gasteiger partial charge in [-0.15, -0.1) is 11.3 Å². The van der Waals surface area contributed by atoms with E-state index in [1.165, 1.54) is 16.0 Å². The third-order valence-electron chi connectivity index (χ3n) is 2.86. The lowest BCUT2D eigenvalue weighted by Crippen LogP contribution is -1.78. The maximum absolute atomic E-state index is 4.44. The van der Waals surface area contributed by atoms with E-state index in [1.807, 2.05) is 29.8 Å². The average molecular weight is 263 g/mol. The number of aromatic nitrogens is 1. The third kappa shape index (κ3) is 2.80. The van der Waals surface area contributed by atoms with Crippen LogP contribution in [0.25, 0.3) is 22.6 Å². The molecule has 3 rings (SSSR count). The Hall–Kier alpha value is -2.19. The molecule has 0 spiro atoms. The van der Waals surface area contributed by atoms with Crippen LogP contribution in [0.4, 0.5) is 0 Å². The normalized spacial score (nSPS) is 10.9. The fraction of sp³-hybridized carbons (Fsp3) is 0. The van der Waals surface area contributed by atoms with Crippen molar-refractivity contribution in [1.29, 1.82) is 0 Å². The first-order chi connectivity index (χ1) is 9.43. The van der Waals surface area contributed by atoms with E-state index in [2.05, 4.69) is 53.5 Å². The van der Waals surface area contributed by atoms with Crippen molar-refractivity contribution < 1.29 is 0 Å². The molecular weight excluding hydrogens is 250 g/mol. The largest absolute Gasteiger partial charge is 0.245 e. The van der Waals surface area contributed by atoms with Gasteiger partial charge in [0.1, 0.15) is 0 Å². The van der Waals surface area contributed by atoms with E-state index in [-0.39, 0.29) is 0 Å². The molecule has 1 nitrogen and oxygen atoms in total. The third-order valence-corrected chi connectivity index (χ3v) is 3.76. The van der Waals surface area contributed by atoms with Crippen molar-refractivity contribution in [3.63, 3.8) is 0 Å². The molecular formula is C17H13NS. The Morgan fingerprint density at radius 1 is 0.789 bits per heavy atom. The van der Waals surface area contributed by atoms with Gasteiger partial charge in [0.15, 0.2) is 0 Å². The fourth-order valence-corrected chi connectivity index (χ4v) is 2.70. The molecule has 0 fully saturated rings. The first kappa shape index (κ1) is 11.9. The monoisotopic (exact) mass is 263 g/mol. The van der Waals surface area contributed by atoms with Crippen LogP contribution in [0.5, 0.6) is 0 Å². The molecule has 0 amide bonds. The molecule has 3 aromatic rings. The molecule has 0 radical (unpaired) electrons. The van der Waals surface area contributed by atoms with Gasteiger partial charge in [0, 0.05) is 0 Å². The Balaban J connectivity index is 1.91. The van der Waals surface area contributed by atoms with E-state index in [1.54, 1.807) is 11.3 Å². The molecule has 0 atom stereocenters. The minimum absolute atomic E-state index is 1.03. The summed E-state index contributed by atoms with van der Waals surface area (Å²) in [4.78, 5) is 5.65. The zero-order valence-electron chi connectivity index (χ0n) is 10.4. The summed E-state index contributed by atoms with van der Waals surface area (Å²) in [6.45, 7) is 0. The van der Waals surface area contributed by atoms with Crippen LogP contribution in [0.2, 0.25) is 0 Å². The lowest BCUT2D eigenvalue weighted by atomic mass is 10.1. The van der Waals surface area contributed by atoms with E-state index in [0.29, 0.717) is 0 Å². The van der Waals surface area contributed by atoms with E-state index >= 15 is 0 Å². The predicted octanol–water partition coefficient (Wildman–Crippen LogP) is 4.98. The predicted molar refractivity (Wildman–Crippen MR) is 82.9 cm³/mol. The minimum atomic E-state index is 1.03. The number of rotatable bonds is 3. The molecule has 0 aliphatic carbocycles. The molecule has 1 heterocycles. The Labute approximate surface area is 116 Å². The van der Waals surface area contributed by atoms with E-state index in [0.717, 1.165) is 5.69 Å². The summed E-state index contributed by atoms with van der Waals surface area (Å²) in [5.41, 5.74) is 5.33. The van der Waals surface area contributed by atoms with Crippen LogP contribution >= 0.6 is 11.3 Å². The van der Waals surface area contributed by atoms with Gasteiger partial charge in [-0.25, -0.2) is 4.98 Å². The van der Waals surface area contributed by atoms with Crippen LogP contribution < -0.4 is 0 Å². The first-order valence-electron chi connectivity index (χ1n) is 6.15. The second kappa shape index (κ2) is 5.63. The summed E-state index contributed by atoms with van der Waals surface area (Å²) in [6.07, 6.45) is 4.18. The quantitative estimate of drug-likeness (QED) is 0.649. The molecule has 2 aromatic carbocycles. The highest BCUT2D eigenvalue weighted by atomic mass is 32.1. The van der Waals surface area contributed by atoms with Crippen LogP contribution in [-0.4, -0.2) is 4.98 Å². The molecule has 0 unspecified atom stereocenters. The molecule has 0 aliphatic rings. The van der Waals surface area contributed by atoms with Crippen LogP contribution in [0.3, 0.4) is 0 Å². The Bertz CT molecular complexity index is 669. The van der Waals surface area contributed by atoms with Crippen molar-refractivity contribution in [3.8, 4) is 10.4 Å². The highest BCUT2D eigenvalue weighted by Gasteiger charge is 2.04. The SMILES string of the molecule is C(=Cc1ncsc1-c1ccccc1)c1ccccc1. The minimum Gasteiger partial charge on any atom is -0.245 e. The standard InChI is InChI=1S/C17H13NS/c1-3-7-14(8-4-1)11-12-16-17(19-13-18-16)15-9-5-2-6-10-15/h1-13H. The smallest absolute Gasteiger partial charge is 0.0818 e. The molecule has 0 saturated heterocycles. The zero-order valence-corrected chi connectivity index (χ0v) is 11.2. The van der Waals surface area contributed by atoms with Gasteiger partial charge in [-0.3, -0.25) is 0 Å². The molecule has 0 N–H and O–H groups in total. The molecule has 0 saturated carbocycles. The van der Waals surface area contributed by atoms with Gasteiger partial charge in [-0.1, -0.05) is 66.7 Å². The summed E-state index contributed by atoms with van der Waals surface area (Å²) in [5, 5.41) is 0. The number of benzene rings is 2. The van der Waals surface area contributed by atoms with E-state index in [9.17, 15) is 0 Å². The number of nitrogens with zero attached hydrogens (tertiary/aromatic N) is 1. The highest BCUT2D eigenvalue weighted by Crippen LogP contribution is 2.28. The molecule has 0 bridgehead atoms. The van der Waals surface area contributed by atoms with E-state index < -0.39 is 0 Å². The molecule has 19 heavy (non-hydrogen) atoms. The first-order valence-corrected chi connectivity index (χ1v) is 7.03. The van der Waals surface area contributed by atoms with Crippen LogP contribution in [0, 0.1) is 0 Å². The van der Waals surface area contributed by atoms with Gasteiger partial charge in [0.05, 0.1) is 16.1 Å².